The Labute approximate surface area is 150 Å². The minimum Gasteiger partial charge on any atom is -0.437 e. The van der Waals surface area contributed by atoms with E-state index >= 15 is 0 Å². The van der Waals surface area contributed by atoms with Crippen LogP contribution in [0, 0.1) is 0 Å². The lowest BCUT2D eigenvalue weighted by atomic mass is 10.2. The Balaban J connectivity index is 4.84. The summed E-state index contributed by atoms with van der Waals surface area (Å²) in [7, 11) is -7.49. The highest BCUT2D eigenvalue weighted by Gasteiger charge is 2.43. The first-order chi connectivity index (χ1) is 10.2. The standard InChI is InChI=1S/C16H42O3Si4/c1-11-12-13-14-15-16-23(10,18-21(5,6)7)19-22(8,9)17-20(2,3)4/h11-16H2,1-10H3. The molecule has 1 atom stereocenters. The fraction of sp³-hybridized carbons (Fsp3) is 1.00. The molecule has 0 bridgehead atoms. The van der Waals surface area contributed by atoms with Crippen LogP contribution in [0.1, 0.15) is 39.0 Å². The maximum absolute atomic E-state index is 6.69. The Kier molecular flexibility index (Phi) is 9.75. The highest BCUT2D eigenvalue weighted by molar-refractivity contribution is 6.89. The third kappa shape index (κ3) is 13.7. The van der Waals surface area contributed by atoms with Crippen molar-refractivity contribution in [3.8, 4) is 0 Å². The van der Waals surface area contributed by atoms with Crippen LogP contribution < -0.4 is 0 Å². The maximum atomic E-state index is 6.69. The Morgan fingerprint density at radius 1 is 0.565 bits per heavy atom. The van der Waals surface area contributed by atoms with Gasteiger partial charge in [0.25, 0.3) is 0 Å². The van der Waals surface area contributed by atoms with Crippen LogP contribution in [0.2, 0.25) is 65.0 Å². The van der Waals surface area contributed by atoms with E-state index in [0.29, 0.717) is 0 Å². The van der Waals surface area contributed by atoms with E-state index in [1.54, 1.807) is 0 Å². The number of hydrogen-bond donors (Lipinski definition) is 0. The van der Waals surface area contributed by atoms with Gasteiger partial charge in [-0.15, -0.1) is 0 Å². The van der Waals surface area contributed by atoms with Crippen molar-refractivity contribution in [3.63, 3.8) is 0 Å². The monoisotopic (exact) mass is 394 g/mol. The normalized spacial score (nSPS) is 16.4. The van der Waals surface area contributed by atoms with Crippen molar-refractivity contribution in [2.45, 2.75) is 104 Å². The molecule has 7 heteroatoms. The molecule has 0 amide bonds. The third-order valence-corrected chi connectivity index (χ3v) is 16.8. The van der Waals surface area contributed by atoms with E-state index < -0.39 is 33.8 Å². The minimum atomic E-state index is -2.16. The van der Waals surface area contributed by atoms with Gasteiger partial charge in [0, 0.05) is 0 Å². The fourth-order valence-corrected chi connectivity index (χ4v) is 21.1. The zero-order valence-electron chi connectivity index (χ0n) is 17.5. The van der Waals surface area contributed by atoms with Crippen LogP contribution >= 0.6 is 0 Å². The Hall–Kier alpha value is 0.748. The lowest BCUT2D eigenvalue weighted by Crippen LogP contribution is -2.56. The number of hydrogen-bond acceptors (Lipinski definition) is 3. The molecular weight excluding hydrogens is 353 g/mol. The summed E-state index contributed by atoms with van der Waals surface area (Å²) < 4.78 is 19.7. The molecule has 1 unspecified atom stereocenters. The first kappa shape index (κ1) is 23.7. The Bertz CT molecular complexity index is 337. The van der Waals surface area contributed by atoms with E-state index in [1.807, 2.05) is 0 Å². The van der Waals surface area contributed by atoms with Gasteiger partial charge in [0.2, 0.25) is 0 Å². The molecule has 140 valence electrons. The summed E-state index contributed by atoms with van der Waals surface area (Å²) in [5, 5.41) is 0. The van der Waals surface area contributed by atoms with Crippen LogP contribution in [-0.2, 0) is 12.3 Å². The average molecular weight is 395 g/mol. The Morgan fingerprint density at radius 3 is 1.48 bits per heavy atom. The van der Waals surface area contributed by atoms with Gasteiger partial charge < -0.3 is 12.3 Å². The largest absolute Gasteiger partial charge is 0.437 e. The predicted octanol–water partition coefficient (Wildman–Crippen LogP) is 6.45. The first-order valence-corrected chi connectivity index (χ1v) is 21.4. The zero-order valence-corrected chi connectivity index (χ0v) is 21.5. The summed E-state index contributed by atoms with van der Waals surface area (Å²) in [6, 6.07) is 1.10. The molecule has 0 aromatic carbocycles. The van der Waals surface area contributed by atoms with Crippen LogP contribution in [0.15, 0.2) is 0 Å². The molecule has 0 spiro atoms. The van der Waals surface area contributed by atoms with Crippen LogP contribution in [0.5, 0.6) is 0 Å². The number of rotatable bonds is 12. The van der Waals surface area contributed by atoms with Gasteiger partial charge in [-0.05, 0) is 65.0 Å². The molecule has 0 fully saturated rings. The Morgan fingerprint density at radius 2 is 1.04 bits per heavy atom. The van der Waals surface area contributed by atoms with Gasteiger partial charge in [0.05, 0.1) is 0 Å². The minimum absolute atomic E-state index is 1.10. The number of unbranched alkanes of at least 4 members (excludes halogenated alkanes) is 4. The summed E-state index contributed by atoms with van der Waals surface area (Å²) in [6.07, 6.45) is 6.49. The molecular formula is C16H42O3Si4. The van der Waals surface area contributed by atoms with E-state index in [9.17, 15) is 0 Å². The van der Waals surface area contributed by atoms with Gasteiger partial charge >= 0.3 is 17.1 Å². The van der Waals surface area contributed by atoms with Gasteiger partial charge in [0.1, 0.15) is 0 Å². The summed E-state index contributed by atoms with van der Waals surface area (Å²) in [6.45, 7) is 22.5. The molecule has 0 aliphatic heterocycles. The summed E-state index contributed by atoms with van der Waals surface area (Å²) in [5.41, 5.74) is 0. The van der Waals surface area contributed by atoms with Crippen LogP contribution in [0.25, 0.3) is 0 Å². The van der Waals surface area contributed by atoms with Crippen molar-refractivity contribution < 1.29 is 12.3 Å². The summed E-state index contributed by atoms with van der Waals surface area (Å²) in [4.78, 5) is 0. The second-order valence-corrected chi connectivity index (χ2v) is 25.7. The highest BCUT2D eigenvalue weighted by Crippen LogP contribution is 2.28. The molecule has 0 N–H and O–H groups in total. The predicted molar refractivity (Wildman–Crippen MR) is 113 cm³/mol. The van der Waals surface area contributed by atoms with Crippen molar-refractivity contribution >= 4 is 33.8 Å². The molecule has 0 aromatic rings. The van der Waals surface area contributed by atoms with Crippen LogP contribution in [0.3, 0.4) is 0 Å². The van der Waals surface area contributed by atoms with Crippen molar-refractivity contribution in [2.24, 2.45) is 0 Å². The lowest BCUT2D eigenvalue weighted by Gasteiger charge is -2.41. The van der Waals surface area contributed by atoms with Crippen LogP contribution in [0.4, 0.5) is 0 Å². The molecule has 0 saturated heterocycles. The van der Waals surface area contributed by atoms with Gasteiger partial charge in [-0.1, -0.05) is 39.0 Å². The zero-order chi connectivity index (χ0) is 18.4. The molecule has 0 saturated carbocycles. The smallest absolute Gasteiger partial charge is 0.315 e. The van der Waals surface area contributed by atoms with Gasteiger partial charge in [-0.2, -0.15) is 0 Å². The van der Waals surface area contributed by atoms with Crippen molar-refractivity contribution in [1.29, 1.82) is 0 Å². The van der Waals surface area contributed by atoms with Crippen molar-refractivity contribution in [3.05, 3.63) is 0 Å². The molecule has 0 heterocycles. The van der Waals surface area contributed by atoms with Crippen molar-refractivity contribution in [2.75, 3.05) is 0 Å². The fourth-order valence-electron chi connectivity index (χ4n) is 3.10. The van der Waals surface area contributed by atoms with Gasteiger partial charge in [-0.3, -0.25) is 0 Å². The SMILES string of the molecule is CCCCCCC[Si](C)(O[Si](C)(C)C)O[Si](C)(C)O[Si](C)(C)C. The van der Waals surface area contributed by atoms with Crippen LogP contribution in [-0.4, -0.2) is 33.8 Å². The summed E-state index contributed by atoms with van der Waals surface area (Å²) >= 11 is 0. The lowest BCUT2D eigenvalue weighted by molar-refractivity contribution is 0.322. The average Bonchev–Trinajstić information content (AvgIpc) is 2.20. The second-order valence-electron chi connectivity index (χ2n) is 9.23. The van der Waals surface area contributed by atoms with Crippen molar-refractivity contribution in [1.82, 2.24) is 0 Å². The summed E-state index contributed by atoms with van der Waals surface area (Å²) in [5.74, 6) is 0. The maximum Gasteiger partial charge on any atom is 0.315 e. The van der Waals surface area contributed by atoms with E-state index in [4.69, 9.17) is 12.3 Å². The van der Waals surface area contributed by atoms with E-state index in [2.05, 4.69) is 65.8 Å². The first-order valence-electron chi connectivity index (χ1n) is 9.29. The molecule has 0 aliphatic carbocycles. The quantitative estimate of drug-likeness (QED) is 0.281. The van der Waals surface area contributed by atoms with E-state index in [0.717, 1.165) is 6.04 Å². The molecule has 0 radical (unpaired) electrons. The topological polar surface area (TPSA) is 27.7 Å². The van der Waals surface area contributed by atoms with Gasteiger partial charge in [0.15, 0.2) is 16.6 Å². The van der Waals surface area contributed by atoms with Gasteiger partial charge in [-0.25, -0.2) is 0 Å². The molecule has 0 rings (SSSR count). The van der Waals surface area contributed by atoms with E-state index in [-0.39, 0.29) is 0 Å². The molecule has 23 heavy (non-hydrogen) atoms. The third-order valence-electron chi connectivity index (χ3n) is 3.27. The molecule has 3 nitrogen and oxygen atoms in total. The molecule has 0 aromatic heterocycles. The van der Waals surface area contributed by atoms with E-state index in [1.165, 1.54) is 32.1 Å². The molecule has 0 aliphatic rings. The second kappa shape index (κ2) is 9.45. The highest BCUT2D eigenvalue weighted by atomic mass is 28.5.